The summed E-state index contributed by atoms with van der Waals surface area (Å²) in [5.74, 6) is 0.987. The van der Waals surface area contributed by atoms with Crippen LogP contribution in [0.1, 0.15) is 21.5 Å². The van der Waals surface area contributed by atoms with E-state index in [4.69, 9.17) is 9.47 Å². The van der Waals surface area contributed by atoms with Crippen LogP contribution in [0, 0.1) is 0 Å². The van der Waals surface area contributed by atoms with Crippen molar-refractivity contribution < 1.29 is 18.5 Å². The largest absolute Gasteiger partial charge is 0.497 e. The molecule has 162 valence electrons. The molecule has 3 rings (SSSR count). The quantitative estimate of drug-likeness (QED) is 0.517. The first-order chi connectivity index (χ1) is 14.9. The van der Waals surface area contributed by atoms with Crippen molar-refractivity contribution in [2.24, 2.45) is 4.36 Å². The first-order valence-corrected chi connectivity index (χ1v) is 11.6. The van der Waals surface area contributed by atoms with Crippen molar-refractivity contribution in [3.8, 4) is 11.5 Å². The van der Waals surface area contributed by atoms with E-state index < -0.39 is 15.8 Å². The minimum absolute atomic E-state index is 0.358. The molecule has 0 radical (unpaired) electrons. The Bertz CT molecular complexity index is 1070. The zero-order valence-corrected chi connectivity index (χ0v) is 18.7. The van der Waals surface area contributed by atoms with Crippen molar-refractivity contribution in [2.45, 2.75) is 13.1 Å². The van der Waals surface area contributed by atoms with Gasteiger partial charge in [0.15, 0.2) is 0 Å². The van der Waals surface area contributed by atoms with Crippen LogP contribution < -0.4 is 9.47 Å². The number of hydrogen-bond acceptors (Lipinski definition) is 4. The number of nitrogens with zero attached hydrogens (tertiary/aromatic N) is 2. The number of methoxy groups -OCH3 is 2. The fourth-order valence-corrected chi connectivity index (χ4v) is 4.32. The molecule has 0 aromatic heterocycles. The average Bonchev–Trinajstić information content (AvgIpc) is 2.80. The van der Waals surface area contributed by atoms with Crippen LogP contribution in [0.5, 0.6) is 11.5 Å². The van der Waals surface area contributed by atoms with Crippen LogP contribution in [0.25, 0.3) is 0 Å². The summed E-state index contributed by atoms with van der Waals surface area (Å²) in [6.07, 6.45) is 1.50. The van der Waals surface area contributed by atoms with Crippen LogP contribution in [-0.2, 0) is 23.0 Å². The van der Waals surface area contributed by atoms with Crippen molar-refractivity contribution in [1.82, 2.24) is 4.31 Å². The van der Waals surface area contributed by atoms with Gasteiger partial charge in [-0.3, -0.25) is 4.79 Å². The number of amides is 1. The number of ether oxygens (including phenoxy) is 2. The summed E-state index contributed by atoms with van der Waals surface area (Å²) in [5.41, 5.74) is 2.28. The lowest BCUT2D eigenvalue weighted by Gasteiger charge is -2.24. The summed E-state index contributed by atoms with van der Waals surface area (Å²) in [5, 5.41) is 0. The van der Waals surface area contributed by atoms with E-state index in [1.54, 1.807) is 42.8 Å². The molecule has 7 heteroatoms. The second-order valence-corrected chi connectivity index (χ2v) is 9.24. The van der Waals surface area contributed by atoms with Crippen molar-refractivity contribution in [1.29, 1.82) is 0 Å². The molecule has 0 saturated heterocycles. The van der Waals surface area contributed by atoms with E-state index in [-0.39, 0.29) is 0 Å². The highest BCUT2D eigenvalue weighted by atomic mass is 32.2. The molecule has 1 atom stereocenters. The third-order valence-corrected chi connectivity index (χ3v) is 6.51. The SMILES string of the molecule is COc1ccc(CN(Cc2ccc(OC)cc2)S(C)(=O)=NC(=O)c2ccccc2)cc1. The number of carbonyl (C=O) groups is 1. The van der Waals surface area contributed by atoms with Crippen LogP contribution in [0.15, 0.2) is 83.2 Å². The first-order valence-electron chi connectivity index (χ1n) is 9.74. The van der Waals surface area contributed by atoms with Gasteiger partial charge in [-0.05, 0) is 47.5 Å². The Kier molecular flexibility index (Phi) is 7.44. The lowest BCUT2D eigenvalue weighted by molar-refractivity contribution is 0.100. The summed E-state index contributed by atoms with van der Waals surface area (Å²) in [4.78, 5) is 12.6. The van der Waals surface area contributed by atoms with E-state index >= 15 is 0 Å². The molecule has 1 unspecified atom stereocenters. The maximum Gasteiger partial charge on any atom is 0.286 e. The van der Waals surface area contributed by atoms with Crippen molar-refractivity contribution >= 4 is 15.8 Å². The zero-order valence-electron chi connectivity index (χ0n) is 17.9. The smallest absolute Gasteiger partial charge is 0.286 e. The van der Waals surface area contributed by atoms with Gasteiger partial charge in [-0.15, -0.1) is 4.36 Å². The molecule has 0 aliphatic heterocycles. The van der Waals surface area contributed by atoms with E-state index in [0.717, 1.165) is 22.6 Å². The molecule has 1 amide bonds. The normalized spacial score (nSPS) is 12.8. The molecule has 6 nitrogen and oxygen atoms in total. The highest BCUT2D eigenvalue weighted by Gasteiger charge is 2.19. The van der Waals surface area contributed by atoms with Crippen molar-refractivity contribution in [3.63, 3.8) is 0 Å². The van der Waals surface area contributed by atoms with Crippen LogP contribution in [0.4, 0.5) is 0 Å². The second kappa shape index (κ2) is 10.2. The monoisotopic (exact) mass is 438 g/mol. The van der Waals surface area contributed by atoms with Gasteiger partial charge in [-0.2, -0.15) is 0 Å². The summed E-state index contributed by atoms with van der Waals surface area (Å²) in [6.45, 7) is 0.716. The highest BCUT2D eigenvalue weighted by Crippen LogP contribution is 2.20. The van der Waals surface area contributed by atoms with Gasteiger partial charge in [0.1, 0.15) is 21.4 Å². The highest BCUT2D eigenvalue weighted by molar-refractivity contribution is 7.90. The predicted octanol–water partition coefficient (Wildman–Crippen LogP) is 4.56. The van der Waals surface area contributed by atoms with E-state index in [0.29, 0.717) is 18.7 Å². The van der Waals surface area contributed by atoms with E-state index in [1.807, 2.05) is 54.6 Å². The predicted molar refractivity (Wildman–Crippen MR) is 123 cm³/mol. The van der Waals surface area contributed by atoms with Gasteiger partial charge in [-0.25, -0.2) is 8.51 Å². The molecular weight excluding hydrogens is 412 g/mol. The molecule has 0 saturated carbocycles. The Morgan fingerprint density at radius 1 is 0.806 bits per heavy atom. The Hall–Kier alpha value is -3.16. The van der Waals surface area contributed by atoms with E-state index in [9.17, 15) is 9.00 Å². The summed E-state index contributed by atoms with van der Waals surface area (Å²) < 4.78 is 29.9. The third-order valence-electron chi connectivity index (χ3n) is 4.79. The summed E-state index contributed by atoms with van der Waals surface area (Å²) in [7, 11) is 0.217. The minimum atomic E-state index is -3.00. The molecule has 3 aromatic rings. The molecular formula is C24H26N2O4S. The van der Waals surface area contributed by atoms with Gasteiger partial charge >= 0.3 is 0 Å². The summed E-state index contributed by atoms with van der Waals surface area (Å²) >= 11 is 0. The molecule has 0 spiro atoms. The molecule has 0 bridgehead atoms. The van der Waals surface area contributed by atoms with Gasteiger partial charge in [0.05, 0.1) is 14.2 Å². The van der Waals surface area contributed by atoms with Gasteiger partial charge in [-0.1, -0.05) is 42.5 Å². The van der Waals surface area contributed by atoms with E-state index in [2.05, 4.69) is 4.36 Å². The summed E-state index contributed by atoms with van der Waals surface area (Å²) in [6, 6.07) is 23.7. The Morgan fingerprint density at radius 3 is 1.68 bits per heavy atom. The second-order valence-electron chi connectivity index (χ2n) is 7.02. The molecule has 31 heavy (non-hydrogen) atoms. The van der Waals surface area contributed by atoms with Crippen molar-refractivity contribution in [2.75, 3.05) is 20.5 Å². The van der Waals surface area contributed by atoms with Gasteiger partial charge in [0.2, 0.25) is 0 Å². The van der Waals surface area contributed by atoms with Crippen LogP contribution >= 0.6 is 0 Å². The fraction of sp³-hybridized carbons (Fsp3) is 0.208. The Balaban J connectivity index is 1.92. The maximum atomic E-state index is 13.6. The standard InChI is InChI=1S/C24H26N2O4S/c1-29-22-13-9-19(10-14-22)17-26(18-20-11-15-23(30-2)16-12-20)31(3,28)25-24(27)21-7-5-4-6-8-21/h4-16H,17-18H2,1-3H3. The van der Waals surface area contributed by atoms with Crippen LogP contribution in [0.2, 0.25) is 0 Å². The van der Waals surface area contributed by atoms with Crippen LogP contribution in [0.3, 0.4) is 0 Å². The third kappa shape index (κ3) is 6.16. The lowest BCUT2D eigenvalue weighted by Crippen LogP contribution is -2.29. The van der Waals surface area contributed by atoms with Gasteiger partial charge in [0.25, 0.3) is 5.91 Å². The molecule has 0 aliphatic rings. The molecule has 0 aliphatic carbocycles. The molecule has 0 heterocycles. The van der Waals surface area contributed by atoms with E-state index in [1.165, 1.54) is 6.26 Å². The topological polar surface area (TPSA) is 68.2 Å². The first kappa shape index (κ1) is 22.5. The zero-order chi connectivity index (χ0) is 22.3. The fourth-order valence-electron chi connectivity index (χ4n) is 3.01. The number of hydrogen-bond donors (Lipinski definition) is 0. The number of benzene rings is 3. The van der Waals surface area contributed by atoms with Crippen LogP contribution in [-0.4, -0.2) is 34.9 Å². The Morgan fingerprint density at radius 2 is 1.26 bits per heavy atom. The minimum Gasteiger partial charge on any atom is -0.497 e. The lowest BCUT2D eigenvalue weighted by atomic mass is 10.2. The van der Waals surface area contributed by atoms with Gasteiger partial charge in [0, 0.05) is 24.9 Å². The van der Waals surface area contributed by atoms with Gasteiger partial charge < -0.3 is 9.47 Å². The average molecular weight is 439 g/mol. The number of rotatable bonds is 8. The Labute approximate surface area is 183 Å². The maximum absolute atomic E-state index is 13.6. The molecule has 0 fully saturated rings. The number of carbonyl (C=O) groups excluding carboxylic acids is 1. The molecule has 0 N–H and O–H groups in total. The van der Waals surface area contributed by atoms with Crippen molar-refractivity contribution in [3.05, 3.63) is 95.6 Å². The molecule has 3 aromatic carbocycles.